The van der Waals surface area contributed by atoms with Crippen LogP contribution in [0.4, 0.5) is 5.69 Å². The highest BCUT2D eigenvalue weighted by molar-refractivity contribution is 9.10. The van der Waals surface area contributed by atoms with Crippen LogP contribution in [0.5, 0.6) is 5.75 Å². The number of amides is 1. The third-order valence-electron chi connectivity index (χ3n) is 2.51. The molecule has 0 aliphatic rings. The van der Waals surface area contributed by atoms with Gasteiger partial charge in [0.15, 0.2) is 0 Å². The first kappa shape index (κ1) is 13.9. The third-order valence-corrected chi connectivity index (χ3v) is 3.27. The van der Waals surface area contributed by atoms with Gasteiger partial charge in [-0.15, -0.1) is 0 Å². The number of carbonyl (C=O) groups excluding carboxylic acids is 1. The standard InChI is InChI=1S/C14H11BrClNO2/c15-10-3-1-9(2-4-10)7-14(19)17-12-8-11(16)5-6-13(12)18/h1-6,8,18H,7H2,(H,17,19). The molecule has 0 radical (unpaired) electrons. The first-order valence-corrected chi connectivity index (χ1v) is 6.74. The van der Waals surface area contributed by atoms with E-state index >= 15 is 0 Å². The first-order valence-electron chi connectivity index (χ1n) is 5.57. The number of anilines is 1. The molecule has 5 heteroatoms. The van der Waals surface area contributed by atoms with Crippen LogP contribution in [0.3, 0.4) is 0 Å². The summed E-state index contributed by atoms with van der Waals surface area (Å²) in [7, 11) is 0. The fraction of sp³-hybridized carbons (Fsp3) is 0.0714. The second-order valence-electron chi connectivity index (χ2n) is 4.01. The summed E-state index contributed by atoms with van der Waals surface area (Å²) in [6.45, 7) is 0. The number of rotatable bonds is 3. The molecule has 1 amide bonds. The van der Waals surface area contributed by atoms with Gasteiger partial charge in [0, 0.05) is 9.50 Å². The molecule has 0 spiro atoms. The van der Waals surface area contributed by atoms with Gasteiger partial charge in [-0.25, -0.2) is 0 Å². The maximum absolute atomic E-state index is 11.9. The van der Waals surface area contributed by atoms with Gasteiger partial charge in [0.2, 0.25) is 5.91 Å². The normalized spacial score (nSPS) is 10.2. The molecule has 0 bridgehead atoms. The van der Waals surface area contributed by atoms with Gasteiger partial charge in [0.1, 0.15) is 5.75 Å². The lowest BCUT2D eigenvalue weighted by atomic mass is 10.1. The van der Waals surface area contributed by atoms with Crippen molar-refractivity contribution in [1.82, 2.24) is 0 Å². The van der Waals surface area contributed by atoms with E-state index in [1.807, 2.05) is 24.3 Å². The highest BCUT2D eigenvalue weighted by Crippen LogP contribution is 2.26. The van der Waals surface area contributed by atoms with Crippen molar-refractivity contribution in [1.29, 1.82) is 0 Å². The molecule has 0 aliphatic carbocycles. The van der Waals surface area contributed by atoms with Crippen molar-refractivity contribution in [2.45, 2.75) is 6.42 Å². The molecule has 0 fully saturated rings. The van der Waals surface area contributed by atoms with Gasteiger partial charge in [-0.1, -0.05) is 39.7 Å². The average Bonchev–Trinajstić information content (AvgIpc) is 2.37. The highest BCUT2D eigenvalue weighted by Gasteiger charge is 2.08. The van der Waals surface area contributed by atoms with Gasteiger partial charge < -0.3 is 10.4 Å². The fourth-order valence-electron chi connectivity index (χ4n) is 1.59. The zero-order chi connectivity index (χ0) is 13.8. The number of carbonyl (C=O) groups is 1. The van der Waals surface area contributed by atoms with Crippen molar-refractivity contribution >= 4 is 39.1 Å². The van der Waals surface area contributed by atoms with E-state index in [9.17, 15) is 9.90 Å². The number of hydrogen-bond donors (Lipinski definition) is 2. The van der Waals surface area contributed by atoms with Gasteiger partial charge in [-0.3, -0.25) is 4.79 Å². The second kappa shape index (κ2) is 6.08. The van der Waals surface area contributed by atoms with Gasteiger partial charge in [-0.2, -0.15) is 0 Å². The van der Waals surface area contributed by atoms with Crippen molar-refractivity contribution in [3.8, 4) is 5.75 Å². The molecule has 3 nitrogen and oxygen atoms in total. The largest absolute Gasteiger partial charge is 0.506 e. The summed E-state index contributed by atoms with van der Waals surface area (Å²) >= 11 is 9.14. The van der Waals surface area contributed by atoms with Crippen molar-refractivity contribution < 1.29 is 9.90 Å². The summed E-state index contributed by atoms with van der Waals surface area (Å²) in [5.41, 5.74) is 1.21. The van der Waals surface area contributed by atoms with Crippen LogP contribution in [0.2, 0.25) is 5.02 Å². The maximum Gasteiger partial charge on any atom is 0.228 e. The molecule has 0 saturated carbocycles. The SMILES string of the molecule is O=C(Cc1ccc(Br)cc1)Nc1cc(Cl)ccc1O. The number of benzene rings is 2. The van der Waals surface area contributed by atoms with Crippen molar-refractivity contribution in [2.75, 3.05) is 5.32 Å². The van der Waals surface area contributed by atoms with Crippen LogP contribution in [0.25, 0.3) is 0 Å². The Kier molecular flexibility index (Phi) is 4.45. The second-order valence-corrected chi connectivity index (χ2v) is 5.37. The van der Waals surface area contributed by atoms with Crippen LogP contribution in [0, 0.1) is 0 Å². The zero-order valence-electron chi connectivity index (χ0n) is 9.86. The predicted octanol–water partition coefficient (Wildman–Crippen LogP) is 3.99. The molecule has 2 aromatic carbocycles. The molecule has 0 saturated heterocycles. The summed E-state index contributed by atoms with van der Waals surface area (Å²) in [6, 6.07) is 12.0. The van der Waals surface area contributed by atoms with E-state index < -0.39 is 0 Å². The van der Waals surface area contributed by atoms with Crippen LogP contribution < -0.4 is 5.32 Å². The van der Waals surface area contributed by atoms with E-state index in [1.165, 1.54) is 12.1 Å². The lowest BCUT2D eigenvalue weighted by Gasteiger charge is -2.07. The molecule has 0 aromatic heterocycles. The molecule has 2 aromatic rings. The molecule has 19 heavy (non-hydrogen) atoms. The fourth-order valence-corrected chi connectivity index (χ4v) is 2.03. The number of phenols is 1. The van der Waals surface area contributed by atoms with Crippen LogP contribution in [0.1, 0.15) is 5.56 Å². The van der Waals surface area contributed by atoms with E-state index in [2.05, 4.69) is 21.2 Å². The number of phenolic OH excluding ortho intramolecular Hbond substituents is 1. The van der Waals surface area contributed by atoms with E-state index in [-0.39, 0.29) is 18.1 Å². The van der Waals surface area contributed by atoms with Gasteiger partial charge in [-0.05, 0) is 35.9 Å². The molecule has 98 valence electrons. The van der Waals surface area contributed by atoms with Crippen LogP contribution in [0.15, 0.2) is 46.9 Å². The molecule has 0 atom stereocenters. The molecular weight excluding hydrogens is 330 g/mol. The van der Waals surface area contributed by atoms with Crippen molar-refractivity contribution in [2.24, 2.45) is 0 Å². The highest BCUT2D eigenvalue weighted by atomic mass is 79.9. The minimum atomic E-state index is -0.208. The summed E-state index contributed by atoms with van der Waals surface area (Å²) in [5, 5.41) is 12.7. The molecule has 2 N–H and O–H groups in total. The number of hydrogen-bond acceptors (Lipinski definition) is 2. The predicted molar refractivity (Wildman–Crippen MR) is 79.6 cm³/mol. The van der Waals surface area contributed by atoms with Crippen LogP contribution in [-0.4, -0.2) is 11.0 Å². The van der Waals surface area contributed by atoms with Gasteiger partial charge >= 0.3 is 0 Å². The van der Waals surface area contributed by atoms with E-state index in [1.54, 1.807) is 6.07 Å². The lowest BCUT2D eigenvalue weighted by Crippen LogP contribution is -2.14. The van der Waals surface area contributed by atoms with Crippen LogP contribution >= 0.6 is 27.5 Å². The third kappa shape index (κ3) is 3.98. The number of halogens is 2. The Labute approximate surface area is 124 Å². The molecular formula is C14H11BrClNO2. The Bertz CT molecular complexity index is 599. The summed E-state index contributed by atoms with van der Waals surface area (Å²) in [5.74, 6) is -0.214. The quantitative estimate of drug-likeness (QED) is 0.830. The molecule has 2 rings (SSSR count). The summed E-state index contributed by atoms with van der Waals surface area (Å²) in [4.78, 5) is 11.9. The van der Waals surface area contributed by atoms with Gasteiger partial charge in [0.05, 0.1) is 12.1 Å². The smallest absolute Gasteiger partial charge is 0.228 e. The Hall–Kier alpha value is -1.52. The van der Waals surface area contributed by atoms with Gasteiger partial charge in [0.25, 0.3) is 0 Å². The minimum absolute atomic E-state index is 0.00597. The Balaban J connectivity index is 2.05. The summed E-state index contributed by atoms with van der Waals surface area (Å²) in [6.07, 6.45) is 0.235. The van der Waals surface area contributed by atoms with Crippen molar-refractivity contribution in [3.63, 3.8) is 0 Å². The Morgan fingerprint density at radius 2 is 1.89 bits per heavy atom. The topological polar surface area (TPSA) is 49.3 Å². The summed E-state index contributed by atoms with van der Waals surface area (Å²) < 4.78 is 0.962. The van der Waals surface area contributed by atoms with Crippen molar-refractivity contribution in [3.05, 3.63) is 57.5 Å². The average molecular weight is 341 g/mol. The van der Waals surface area contributed by atoms with E-state index in [0.717, 1.165) is 10.0 Å². The lowest BCUT2D eigenvalue weighted by molar-refractivity contribution is -0.115. The minimum Gasteiger partial charge on any atom is -0.506 e. The van der Waals surface area contributed by atoms with Crippen LogP contribution in [-0.2, 0) is 11.2 Å². The van der Waals surface area contributed by atoms with E-state index in [4.69, 9.17) is 11.6 Å². The number of aromatic hydroxyl groups is 1. The zero-order valence-corrected chi connectivity index (χ0v) is 12.2. The molecule has 0 heterocycles. The number of nitrogens with one attached hydrogen (secondary N) is 1. The van der Waals surface area contributed by atoms with E-state index in [0.29, 0.717) is 10.7 Å². The maximum atomic E-state index is 11.9. The first-order chi connectivity index (χ1) is 9.04. The molecule has 0 aliphatic heterocycles. The molecule has 0 unspecified atom stereocenters. The Morgan fingerprint density at radius 1 is 1.21 bits per heavy atom. The Morgan fingerprint density at radius 3 is 2.58 bits per heavy atom. The monoisotopic (exact) mass is 339 g/mol.